The third-order valence-electron chi connectivity index (χ3n) is 2.96. The number of carbonyl (C=O) groups excluding carboxylic acids is 1. The quantitative estimate of drug-likeness (QED) is 0.495. The molecule has 13 heavy (non-hydrogen) atoms. The van der Waals surface area contributed by atoms with Gasteiger partial charge in [0.15, 0.2) is 0 Å². The van der Waals surface area contributed by atoms with Crippen LogP contribution in [0.25, 0.3) is 0 Å². The maximum absolute atomic E-state index is 11.6. The Kier molecular flexibility index (Phi) is 3.52. The van der Waals surface area contributed by atoms with Gasteiger partial charge in [0.2, 0.25) is 0 Å². The lowest BCUT2D eigenvalue weighted by molar-refractivity contribution is -0.154. The van der Waals surface area contributed by atoms with E-state index in [9.17, 15) is 4.79 Å². The third-order valence-corrected chi connectivity index (χ3v) is 2.96. The SMILES string of the molecule is C=CCC1(C(=O)OC)CCCCC1. The summed E-state index contributed by atoms with van der Waals surface area (Å²) >= 11 is 0. The van der Waals surface area contributed by atoms with Crippen LogP contribution in [0.2, 0.25) is 0 Å². The summed E-state index contributed by atoms with van der Waals surface area (Å²) in [5.74, 6) is -0.0490. The van der Waals surface area contributed by atoms with Gasteiger partial charge in [-0.25, -0.2) is 0 Å². The van der Waals surface area contributed by atoms with Gasteiger partial charge in [-0.15, -0.1) is 6.58 Å². The number of methoxy groups -OCH3 is 1. The van der Waals surface area contributed by atoms with Gasteiger partial charge in [0.05, 0.1) is 12.5 Å². The van der Waals surface area contributed by atoms with Gasteiger partial charge in [-0.3, -0.25) is 4.79 Å². The second kappa shape index (κ2) is 4.45. The van der Waals surface area contributed by atoms with Crippen molar-refractivity contribution in [2.45, 2.75) is 38.5 Å². The first-order chi connectivity index (χ1) is 6.25. The molecule has 0 amide bonds. The van der Waals surface area contributed by atoms with Gasteiger partial charge in [0.1, 0.15) is 0 Å². The average Bonchev–Trinajstić information content (AvgIpc) is 2.18. The fraction of sp³-hybridized carbons (Fsp3) is 0.727. The predicted octanol–water partition coefficient (Wildman–Crippen LogP) is 2.69. The number of allylic oxidation sites excluding steroid dienone is 1. The fourth-order valence-electron chi connectivity index (χ4n) is 2.21. The molecule has 1 saturated carbocycles. The molecule has 0 atom stereocenters. The van der Waals surface area contributed by atoms with Gasteiger partial charge in [0.25, 0.3) is 0 Å². The van der Waals surface area contributed by atoms with Crippen LogP contribution in [0.4, 0.5) is 0 Å². The molecule has 1 rings (SSSR count). The van der Waals surface area contributed by atoms with E-state index in [1.165, 1.54) is 13.5 Å². The minimum atomic E-state index is -0.241. The van der Waals surface area contributed by atoms with Crippen LogP contribution in [0.1, 0.15) is 38.5 Å². The van der Waals surface area contributed by atoms with E-state index in [1.807, 2.05) is 6.08 Å². The molecule has 2 heteroatoms. The van der Waals surface area contributed by atoms with Crippen LogP contribution in [0.3, 0.4) is 0 Å². The summed E-state index contributed by atoms with van der Waals surface area (Å²) in [5.41, 5.74) is -0.241. The summed E-state index contributed by atoms with van der Waals surface area (Å²) < 4.78 is 4.86. The van der Waals surface area contributed by atoms with E-state index in [4.69, 9.17) is 4.74 Å². The van der Waals surface area contributed by atoms with Gasteiger partial charge >= 0.3 is 5.97 Å². The first kappa shape index (κ1) is 10.3. The zero-order valence-corrected chi connectivity index (χ0v) is 8.34. The normalized spacial score (nSPS) is 20.7. The van der Waals surface area contributed by atoms with Gasteiger partial charge in [-0.05, 0) is 19.3 Å². The molecular formula is C11H18O2. The molecule has 0 aromatic heterocycles. The van der Waals surface area contributed by atoms with Crippen molar-refractivity contribution >= 4 is 5.97 Å². The van der Waals surface area contributed by atoms with E-state index in [2.05, 4.69) is 6.58 Å². The van der Waals surface area contributed by atoms with E-state index in [0.717, 1.165) is 32.1 Å². The molecule has 2 nitrogen and oxygen atoms in total. The zero-order valence-electron chi connectivity index (χ0n) is 8.34. The zero-order chi connectivity index (χ0) is 9.73. The van der Waals surface area contributed by atoms with Crippen molar-refractivity contribution in [3.05, 3.63) is 12.7 Å². The lowest BCUT2D eigenvalue weighted by Gasteiger charge is -2.33. The Labute approximate surface area is 80.0 Å². The van der Waals surface area contributed by atoms with E-state index < -0.39 is 0 Å². The Balaban J connectivity index is 2.71. The van der Waals surface area contributed by atoms with Crippen LogP contribution in [-0.4, -0.2) is 13.1 Å². The highest BCUT2D eigenvalue weighted by molar-refractivity contribution is 5.77. The van der Waals surface area contributed by atoms with Crippen LogP contribution in [0.15, 0.2) is 12.7 Å². The fourth-order valence-corrected chi connectivity index (χ4v) is 2.21. The average molecular weight is 182 g/mol. The molecule has 1 fully saturated rings. The number of ether oxygens (including phenoxy) is 1. The molecule has 0 N–H and O–H groups in total. The molecule has 0 unspecified atom stereocenters. The van der Waals surface area contributed by atoms with Gasteiger partial charge in [0, 0.05) is 0 Å². The van der Waals surface area contributed by atoms with Crippen molar-refractivity contribution in [2.24, 2.45) is 5.41 Å². The molecule has 0 aromatic carbocycles. The topological polar surface area (TPSA) is 26.3 Å². The molecule has 0 aromatic rings. The largest absolute Gasteiger partial charge is 0.469 e. The summed E-state index contributed by atoms with van der Waals surface area (Å²) in [6, 6.07) is 0. The van der Waals surface area contributed by atoms with Crippen LogP contribution in [0.5, 0.6) is 0 Å². The second-order valence-corrected chi connectivity index (χ2v) is 3.83. The van der Waals surface area contributed by atoms with Crippen molar-refractivity contribution in [1.29, 1.82) is 0 Å². The van der Waals surface area contributed by atoms with Gasteiger partial charge in [-0.1, -0.05) is 25.3 Å². The molecule has 1 aliphatic carbocycles. The number of hydrogen-bond donors (Lipinski definition) is 0. The summed E-state index contributed by atoms with van der Waals surface area (Å²) in [6.07, 6.45) is 8.06. The molecule has 74 valence electrons. The van der Waals surface area contributed by atoms with E-state index >= 15 is 0 Å². The minimum absolute atomic E-state index is 0.0490. The number of rotatable bonds is 3. The molecule has 0 heterocycles. The Morgan fingerprint density at radius 1 is 1.46 bits per heavy atom. The van der Waals surface area contributed by atoms with Crippen LogP contribution < -0.4 is 0 Å². The minimum Gasteiger partial charge on any atom is -0.469 e. The van der Waals surface area contributed by atoms with E-state index in [-0.39, 0.29) is 11.4 Å². The predicted molar refractivity (Wildman–Crippen MR) is 52.3 cm³/mol. The maximum Gasteiger partial charge on any atom is 0.312 e. The third kappa shape index (κ3) is 2.11. The van der Waals surface area contributed by atoms with Gasteiger partial charge < -0.3 is 4.74 Å². The second-order valence-electron chi connectivity index (χ2n) is 3.83. The smallest absolute Gasteiger partial charge is 0.312 e. The Bertz CT molecular complexity index is 190. The van der Waals surface area contributed by atoms with Crippen LogP contribution >= 0.6 is 0 Å². The van der Waals surface area contributed by atoms with Crippen molar-refractivity contribution in [1.82, 2.24) is 0 Å². The molecule has 0 saturated heterocycles. The standard InChI is InChI=1S/C11H18O2/c1-3-7-11(10(12)13-2)8-5-4-6-9-11/h3H,1,4-9H2,2H3. The summed E-state index contributed by atoms with van der Waals surface area (Å²) in [5, 5.41) is 0. The lowest BCUT2D eigenvalue weighted by atomic mass is 9.72. The Hall–Kier alpha value is -0.790. The first-order valence-electron chi connectivity index (χ1n) is 4.94. The summed E-state index contributed by atoms with van der Waals surface area (Å²) in [6.45, 7) is 3.71. The van der Waals surface area contributed by atoms with E-state index in [0.29, 0.717) is 0 Å². The van der Waals surface area contributed by atoms with Crippen molar-refractivity contribution in [2.75, 3.05) is 7.11 Å². The lowest BCUT2D eigenvalue weighted by Crippen LogP contribution is -2.34. The Morgan fingerprint density at radius 3 is 2.54 bits per heavy atom. The summed E-state index contributed by atoms with van der Waals surface area (Å²) in [7, 11) is 1.47. The van der Waals surface area contributed by atoms with Crippen LogP contribution in [0, 0.1) is 5.41 Å². The highest BCUT2D eigenvalue weighted by atomic mass is 16.5. The number of hydrogen-bond acceptors (Lipinski definition) is 2. The van der Waals surface area contributed by atoms with Crippen LogP contribution in [-0.2, 0) is 9.53 Å². The molecule has 0 aliphatic heterocycles. The van der Waals surface area contributed by atoms with Crippen molar-refractivity contribution in [3.8, 4) is 0 Å². The molecule has 0 spiro atoms. The van der Waals surface area contributed by atoms with Gasteiger partial charge in [-0.2, -0.15) is 0 Å². The van der Waals surface area contributed by atoms with Crippen molar-refractivity contribution < 1.29 is 9.53 Å². The van der Waals surface area contributed by atoms with Crippen molar-refractivity contribution in [3.63, 3.8) is 0 Å². The monoisotopic (exact) mass is 182 g/mol. The summed E-state index contributed by atoms with van der Waals surface area (Å²) in [4.78, 5) is 11.6. The highest BCUT2D eigenvalue weighted by Gasteiger charge is 2.39. The number of carbonyl (C=O) groups is 1. The molecule has 0 bridgehead atoms. The maximum atomic E-state index is 11.6. The number of esters is 1. The van der Waals surface area contributed by atoms with E-state index in [1.54, 1.807) is 0 Å². The molecule has 0 radical (unpaired) electrons. The highest BCUT2D eigenvalue weighted by Crippen LogP contribution is 2.40. The molecule has 1 aliphatic rings. The molecular weight excluding hydrogens is 164 g/mol. The first-order valence-corrected chi connectivity index (χ1v) is 4.94. The Morgan fingerprint density at radius 2 is 2.08 bits per heavy atom.